The van der Waals surface area contributed by atoms with Crippen LogP contribution in [0.5, 0.6) is 0 Å². The summed E-state index contributed by atoms with van der Waals surface area (Å²) in [6, 6.07) is 4.74. The molecule has 4 heteroatoms. The second-order valence-electron chi connectivity index (χ2n) is 4.34. The molecule has 1 aliphatic rings. The number of halogens is 2. The average molecular weight is 286 g/mol. The molecule has 2 nitrogen and oxygen atoms in total. The quantitative estimate of drug-likeness (QED) is 0.889. The molecule has 0 heterocycles. The third-order valence-corrected chi connectivity index (χ3v) is 3.56. The number of hydrogen-bond acceptors (Lipinski definition) is 1. The zero-order valence-electron chi connectivity index (χ0n) is 8.97. The average Bonchev–Trinajstić information content (AvgIpc) is 2.15. The molecule has 0 saturated heterocycles. The Balaban J connectivity index is 2.09. The minimum absolute atomic E-state index is 0.0991. The van der Waals surface area contributed by atoms with E-state index in [0.29, 0.717) is 10.4 Å². The van der Waals surface area contributed by atoms with E-state index in [-0.39, 0.29) is 17.5 Å². The maximum absolute atomic E-state index is 13.5. The number of rotatable bonds is 2. The number of amides is 1. The van der Waals surface area contributed by atoms with Crippen LogP contribution in [0.3, 0.4) is 0 Å². The summed E-state index contributed by atoms with van der Waals surface area (Å²) < 4.78 is 14.0. The van der Waals surface area contributed by atoms with Crippen LogP contribution in [0, 0.1) is 11.7 Å². The van der Waals surface area contributed by atoms with Gasteiger partial charge in [0.1, 0.15) is 5.82 Å². The highest BCUT2D eigenvalue weighted by Crippen LogP contribution is 2.27. The second-order valence-corrected chi connectivity index (χ2v) is 5.20. The molecule has 1 amide bonds. The lowest BCUT2D eigenvalue weighted by Crippen LogP contribution is -2.43. The normalized spacial score (nSPS) is 23.7. The molecule has 0 bridgehead atoms. The summed E-state index contributed by atoms with van der Waals surface area (Å²) >= 11 is 3.19. The molecule has 1 aliphatic carbocycles. The first-order chi connectivity index (χ1) is 7.58. The van der Waals surface area contributed by atoms with E-state index in [4.69, 9.17) is 0 Å². The fourth-order valence-corrected chi connectivity index (χ4v) is 2.51. The van der Waals surface area contributed by atoms with Gasteiger partial charge in [-0.15, -0.1) is 0 Å². The molecule has 0 spiro atoms. The van der Waals surface area contributed by atoms with Crippen LogP contribution < -0.4 is 5.32 Å². The largest absolute Gasteiger partial charge is 0.349 e. The molecule has 1 N–H and O–H groups in total. The number of benzene rings is 1. The molecule has 1 aromatic carbocycles. The molecule has 0 radical (unpaired) electrons. The Labute approximate surface area is 102 Å². The van der Waals surface area contributed by atoms with Crippen LogP contribution in [0.4, 0.5) is 4.39 Å². The van der Waals surface area contributed by atoms with E-state index in [2.05, 4.69) is 28.2 Å². The molecular weight excluding hydrogens is 273 g/mol. The van der Waals surface area contributed by atoms with E-state index < -0.39 is 5.82 Å². The first-order valence-corrected chi connectivity index (χ1v) is 6.12. The smallest absolute Gasteiger partial charge is 0.255 e. The standard InChI is InChI=1S/C12H13BrFNO/c1-7-5-8(6-7)15-12(16)11-9(13)3-2-4-10(11)14/h2-4,7-8H,5-6H2,1H3,(H,15,16). The molecule has 0 aromatic heterocycles. The van der Waals surface area contributed by atoms with Crippen LogP contribution in [0.25, 0.3) is 0 Å². The Hall–Kier alpha value is -0.900. The van der Waals surface area contributed by atoms with E-state index in [1.54, 1.807) is 12.1 Å². The predicted octanol–water partition coefficient (Wildman–Crippen LogP) is 3.12. The van der Waals surface area contributed by atoms with Gasteiger partial charge in [0.15, 0.2) is 0 Å². The lowest BCUT2D eigenvalue weighted by Gasteiger charge is -2.33. The lowest BCUT2D eigenvalue weighted by atomic mass is 9.82. The summed E-state index contributed by atoms with van der Waals surface area (Å²) in [4.78, 5) is 11.8. The summed E-state index contributed by atoms with van der Waals surface area (Å²) in [5.41, 5.74) is 0.0991. The van der Waals surface area contributed by atoms with Gasteiger partial charge in [-0.2, -0.15) is 0 Å². The minimum atomic E-state index is -0.487. The van der Waals surface area contributed by atoms with Crippen LogP contribution in [0.2, 0.25) is 0 Å². The molecule has 86 valence electrons. The van der Waals surface area contributed by atoms with Crippen LogP contribution >= 0.6 is 15.9 Å². The summed E-state index contributed by atoms with van der Waals surface area (Å²) in [5, 5.41) is 2.84. The van der Waals surface area contributed by atoms with Crippen molar-refractivity contribution in [3.05, 3.63) is 34.1 Å². The van der Waals surface area contributed by atoms with Gasteiger partial charge in [0, 0.05) is 10.5 Å². The predicted molar refractivity (Wildman–Crippen MR) is 63.8 cm³/mol. The molecule has 0 unspecified atom stereocenters. The van der Waals surface area contributed by atoms with E-state index >= 15 is 0 Å². The third kappa shape index (κ3) is 2.26. The fraction of sp³-hybridized carbons (Fsp3) is 0.417. The first kappa shape index (κ1) is 11.6. The summed E-state index contributed by atoms with van der Waals surface area (Å²) in [6.45, 7) is 2.14. The molecule has 2 rings (SSSR count). The topological polar surface area (TPSA) is 29.1 Å². The summed E-state index contributed by atoms with van der Waals surface area (Å²) in [7, 11) is 0. The second kappa shape index (κ2) is 4.53. The van der Waals surface area contributed by atoms with Crippen molar-refractivity contribution >= 4 is 21.8 Å². The van der Waals surface area contributed by atoms with Gasteiger partial charge in [0.2, 0.25) is 0 Å². The molecule has 1 fully saturated rings. The number of carbonyl (C=O) groups excluding carboxylic acids is 1. The SMILES string of the molecule is CC1CC(NC(=O)c2c(F)cccc2Br)C1. The van der Waals surface area contributed by atoms with Crippen molar-refractivity contribution in [2.75, 3.05) is 0 Å². The molecule has 0 atom stereocenters. The molecule has 1 aromatic rings. The van der Waals surface area contributed by atoms with Gasteiger partial charge < -0.3 is 5.32 Å². The zero-order valence-corrected chi connectivity index (χ0v) is 10.6. The van der Waals surface area contributed by atoms with Crippen molar-refractivity contribution in [1.82, 2.24) is 5.32 Å². The van der Waals surface area contributed by atoms with Gasteiger partial charge in [-0.25, -0.2) is 4.39 Å². The van der Waals surface area contributed by atoms with Crippen LogP contribution in [-0.2, 0) is 0 Å². The van der Waals surface area contributed by atoms with Crippen molar-refractivity contribution in [3.63, 3.8) is 0 Å². The molecular formula is C12H13BrFNO. The van der Waals surface area contributed by atoms with Gasteiger partial charge >= 0.3 is 0 Å². The highest BCUT2D eigenvalue weighted by molar-refractivity contribution is 9.10. The summed E-state index contributed by atoms with van der Waals surface area (Å²) in [6.07, 6.45) is 1.97. The number of nitrogens with one attached hydrogen (secondary N) is 1. The van der Waals surface area contributed by atoms with E-state index in [1.807, 2.05) is 0 Å². The lowest BCUT2D eigenvalue weighted by molar-refractivity contribution is 0.0891. The molecule has 0 aliphatic heterocycles. The number of carbonyl (C=O) groups is 1. The van der Waals surface area contributed by atoms with E-state index in [0.717, 1.165) is 12.8 Å². The fourth-order valence-electron chi connectivity index (χ4n) is 1.99. The Morgan fingerprint density at radius 2 is 2.19 bits per heavy atom. The maximum Gasteiger partial charge on any atom is 0.255 e. The van der Waals surface area contributed by atoms with Crippen molar-refractivity contribution in [1.29, 1.82) is 0 Å². The van der Waals surface area contributed by atoms with Gasteiger partial charge in [0.05, 0.1) is 5.56 Å². The van der Waals surface area contributed by atoms with E-state index in [9.17, 15) is 9.18 Å². The Kier molecular flexibility index (Phi) is 3.28. The Bertz CT molecular complexity index is 395. The van der Waals surface area contributed by atoms with Gasteiger partial charge in [0.25, 0.3) is 5.91 Å². The van der Waals surface area contributed by atoms with Crippen molar-refractivity contribution in [3.8, 4) is 0 Å². The summed E-state index contributed by atoms with van der Waals surface area (Å²) in [5.74, 6) is -0.157. The van der Waals surface area contributed by atoms with Crippen LogP contribution in [0.1, 0.15) is 30.1 Å². The van der Waals surface area contributed by atoms with Gasteiger partial charge in [-0.05, 0) is 46.8 Å². The number of hydrogen-bond donors (Lipinski definition) is 1. The zero-order chi connectivity index (χ0) is 11.7. The molecule has 16 heavy (non-hydrogen) atoms. The first-order valence-electron chi connectivity index (χ1n) is 5.33. The Morgan fingerprint density at radius 1 is 1.50 bits per heavy atom. The highest BCUT2D eigenvalue weighted by Gasteiger charge is 2.28. The van der Waals surface area contributed by atoms with Crippen molar-refractivity contribution in [2.45, 2.75) is 25.8 Å². The van der Waals surface area contributed by atoms with Crippen LogP contribution in [-0.4, -0.2) is 11.9 Å². The highest BCUT2D eigenvalue weighted by atomic mass is 79.9. The minimum Gasteiger partial charge on any atom is -0.349 e. The van der Waals surface area contributed by atoms with Gasteiger partial charge in [-0.3, -0.25) is 4.79 Å². The third-order valence-electron chi connectivity index (χ3n) is 2.90. The maximum atomic E-state index is 13.5. The van der Waals surface area contributed by atoms with Crippen molar-refractivity contribution < 1.29 is 9.18 Å². The molecule has 1 saturated carbocycles. The van der Waals surface area contributed by atoms with Gasteiger partial charge in [-0.1, -0.05) is 13.0 Å². The van der Waals surface area contributed by atoms with Crippen molar-refractivity contribution in [2.24, 2.45) is 5.92 Å². The Morgan fingerprint density at radius 3 is 2.75 bits per heavy atom. The van der Waals surface area contributed by atoms with E-state index in [1.165, 1.54) is 6.07 Å². The van der Waals surface area contributed by atoms with Crippen LogP contribution in [0.15, 0.2) is 22.7 Å². The monoisotopic (exact) mass is 285 g/mol.